The summed E-state index contributed by atoms with van der Waals surface area (Å²) in [6.07, 6.45) is 5.22. The Labute approximate surface area is 171 Å². The maximum absolute atomic E-state index is 12.7. The summed E-state index contributed by atoms with van der Waals surface area (Å²) in [6, 6.07) is 10.4. The molecule has 0 spiro atoms. The molecule has 6 heteroatoms. The second-order valence-electron chi connectivity index (χ2n) is 8.85. The van der Waals surface area contributed by atoms with Crippen LogP contribution in [0.25, 0.3) is 0 Å². The Hall–Kier alpha value is -0.950. The van der Waals surface area contributed by atoms with E-state index >= 15 is 0 Å². The van der Waals surface area contributed by atoms with Gasteiger partial charge in [-0.15, -0.1) is 17.0 Å². The third-order valence-corrected chi connectivity index (χ3v) is 7.14. The number of carbonyl (C=O) groups excluding carboxylic acids is 1. The Balaban J connectivity index is 0.00000180. The number of benzene rings is 1. The molecular weight excluding hydrogens is 410 g/mol. The van der Waals surface area contributed by atoms with Crippen LogP contribution in [0.3, 0.4) is 0 Å². The van der Waals surface area contributed by atoms with Crippen molar-refractivity contribution in [2.24, 2.45) is 5.92 Å². The lowest BCUT2D eigenvalue weighted by molar-refractivity contribution is -0.957. The maximum atomic E-state index is 12.7. The Morgan fingerprint density at radius 1 is 1.22 bits per heavy atom. The third kappa shape index (κ3) is 3.35. The number of hydrogen-bond acceptors (Lipinski definition) is 4. The molecule has 1 aliphatic carbocycles. The second-order valence-corrected chi connectivity index (χ2v) is 8.85. The number of quaternary nitrogens is 1. The first-order valence-electron chi connectivity index (χ1n) is 9.97. The first-order valence-corrected chi connectivity index (χ1v) is 9.97. The number of aliphatic hydroxyl groups is 1. The summed E-state index contributed by atoms with van der Waals surface area (Å²) >= 11 is 0. The Bertz CT molecular complexity index is 677. The van der Waals surface area contributed by atoms with Crippen molar-refractivity contribution in [3.05, 3.63) is 35.9 Å². The van der Waals surface area contributed by atoms with Gasteiger partial charge in [-0.05, 0) is 18.4 Å². The lowest BCUT2D eigenvalue weighted by Gasteiger charge is -2.48. The van der Waals surface area contributed by atoms with Crippen LogP contribution in [-0.2, 0) is 14.3 Å². The molecule has 4 aliphatic rings. The van der Waals surface area contributed by atoms with Crippen LogP contribution in [0.2, 0.25) is 0 Å². The number of rotatable bonds is 6. The van der Waals surface area contributed by atoms with Gasteiger partial charge in [0.25, 0.3) is 0 Å². The van der Waals surface area contributed by atoms with Gasteiger partial charge in [0, 0.05) is 18.8 Å². The van der Waals surface area contributed by atoms with Crippen LogP contribution >= 0.6 is 17.0 Å². The van der Waals surface area contributed by atoms with E-state index in [1.54, 1.807) is 0 Å². The second kappa shape index (κ2) is 7.14. The zero-order chi connectivity index (χ0) is 17.9. The van der Waals surface area contributed by atoms with Gasteiger partial charge in [-0.25, -0.2) is 0 Å². The highest BCUT2D eigenvalue weighted by atomic mass is 79.9. The van der Waals surface area contributed by atoms with E-state index in [2.05, 4.69) is 7.05 Å². The quantitative estimate of drug-likeness (QED) is 0.420. The van der Waals surface area contributed by atoms with Crippen LogP contribution in [0.15, 0.2) is 30.3 Å². The van der Waals surface area contributed by atoms with Gasteiger partial charge in [0.05, 0.1) is 20.2 Å². The molecule has 1 aromatic rings. The van der Waals surface area contributed by atoms with Crippen molar-refractivity contribution < 1.29 is 23.9 Å². The van der Waals surface area contributed by atoms with E-state index in [0.717, 1.165) is 28.8 Å². The first kappa shape index (κ1) is 19.4. The van der Waals surface area contributed by atoms with Crippen molar-refractivity contribution in [1.82, 2.24) is 0 Å². The minimum absolute atomic E-state index is 0. The number of fused-ring (bicyclic) bond motifs is 5. The molecule has 0 radical (unpaired) electrons. The SMILES string of the molecule is Br.C[N+]1(CC2CC2)[C@H]2CC(OC(=O)[C@H](CO)c3ccccc3)C[C@H]1[C@H]1O[C@H]12. The predicted molar refractivity (Wildman–Crippen MR) is 106 cm³/mol. The van der Waals surface area contributed by atoms with Crippen LogP contribution in [0, 0.1) is 5.92 Å². The molecule has 2 bridgehead atoms. The number of likely N-dealkylation sites (N-methyl/N-ethyl adjacent to an activating group) is 1. The van der Waals surface area contributed by atoms with E-state index < -0.39 is 5.92 Å². The lowest BCUT2D eigenvalue weighted by atomic mass is 9.94. The Morgan fingerprint density at radius 3 is 2.41 bits per heavy atom. The van der Waals surface area contributed by atoms with E-state index in [1.165, 1.54) is 19.4 Å². The molecule has 0 amide bonds. The first-order chi connectivity index (χ1) is 12.6. The minimum Gasteiger partial charge on any atom is -0.461 e. The fraction of sp³-hybridized carbons (Fsp3) is 0.667. The van der Waals surface area contributed by atoms with Gasteiger partial charge in [0.2, 0.25) is 0 Å². The van der Waals surface area contributed by atoms with Gasteiger partial charge in [-0.1, -0.05) is 30.3 Å². The largest absolute Gasteiger partial charge is 0.461 e. The van der Waals surface area contributed by atoms with Crippen LogP contribution in [0.5, 0.6) is 0 Å². The maximum Gasteiger partial charge on any atom is 0.316 e. The summed E-state index contributed by atoms with van der Waals surface area (Å²) in [6.45, 7) is 1.04. The zero-order valence-corrected chi connectivity index (χ0v) is 17.4. The summed E-state index contributed by atoms with van der Waals surface area (Å²) in [5, 5.41) is 9.71. The van der Waals surface area contributed by atoms with Crippen LogP contribution < -0.4 is 0 Å². The number of hydrogen-bond donors (Lipinski definition) is 1. The zero-order valence-electron chi connectivity index (χ0n) is 15.7. The average Bonchev–Trinajstić information content (AvgIpc) is 3.51. The molecule has 148 valence electrons. The number of epoxide rings is 1. The summed E-state index contributed by atoms with van der Waals surface area (Å²) in [5.74, 6) is 0.00309. The molecule has 0 aromatic heterocycles. The number of piperidine rings is 1. The molecule has 4 fully saturated rings. The van der Waals surface area contributed by atoms with Crippen LogP contribution in [0.4, 0.5) is 0 Å². The summed E-state index contributed by atoms with van der Waals surface area (Å²) < 4.78 is 12.9. The molecular formula is C21H29BrNO4+. The molecule has 2 unspecified atom stereocenters. The molecule has 3 saturated heterocycles. The standard InChI is InChI=1S/C21H28NO4.BrH/c1-22(11-13-7-8-13)17-9-15(10-18(22)20-19(17)26-20)25-21(24)16(12-23)14-5-3-2-4-6-14;/h2-6,13,15-20,23H,7-12H2,1H3;1H/q+1;/t15?,16-,17+,18+,19-,20+,22?;/m1./s1. The molecule has 1 N–H and O–H groups in total. The fourth-order valence-electron chi connectivity index (χ4n) is 5.53. The molecule has 7 atom stereocenters. The van der Waals surface area contributed by atoms with Gasteiger partial charge in [0.1, 0.15) is 36.3 Å². The summed E-state index contributed by atoms with van der Waals surface area (Å²) in [5.41, 5.74) is 0.819. The number of nitrogens with zero attached hydrogens (tertiary/aromatic N) is 1. The lowest BCUT2D eigenvalue weighted by Crippen LogP contribution is -2.63. The third-order valence-electron chi connectivity index (χ3n) is 7.14. The van der Waals surface area contributed by atoms with Crippen LogP contribution in [0.1, 0.15) is 37.2 Å². The number of esters is 1. The molecule has 1 aromatic carbocycles. The summed E-state index contributed by atoms with van der Waals surface area (Å²) in [7, 11) is 2.39. The fourth-order valence-corrected chi connectivity index (χ4v) is 5.53. The highest BCUT2D eigenvalue weighted by molar-refractivity contribution is 8.93. The van der Waals surface area contributed by atoms with Crippen molar-refractivity contribution in [2.75, 3.05) is 20.2 Å². The van der Waals surface area contributed by atoms with Crippen molar-refractivity contribution in [3.63, 3.8) is 0 Å². The Kier molecular flexibility index (Phi) is 5.12. The number of aliphatic hydroxyl groups excluding tert-OH is 1. The number of halogens is 1. The molecule has 1 saturated carbocycles. The Morgan fingerprint density at radius 2 is 1.85 bits per heavy atom. The predicted octanol–water partition coefficient (Wildman–Crippen LogP) is 2.42. The average molecular weight is 439 g/mol. The summed E-state index contributed by atoms with van der Waals surface area (Å²) in [4.78, 5) is 12.7. The van der Waals surface area contributed by atoms with Gasteiger partial charge in [-0.2, -0.15) is 0 Å². The monoisotopic (exact) mass is 438 g/mol. The molecule has 5 nitrogen and oxygen atoms in total. The van der Waals surface area contributed by atoms with E-state index in [4.69, 9.17) is 9.47 Å². The van der Waals surface area contributed by atoms with E-state index in [9.17, 15) is 9.90 Å². The number of morpholine rings is 1. The smallest absolute Gasteiger partial charge is 0.316 e. The highest BCUT2D eigenvalue weighted by Gasteiger charge is 2.72. The molecule has 27 heavy (non-hydrogen) atoms. The van der Waals surface area contributed by atoms with Gasteiger partial charge in [-0.3, -0.25) is 4.79 Å². The van der Waals surface area contributed by atoms with Gasteiger partial charge in [0.15, 0.2) is 0 Å². The minimum atomic E-state index is -0.589. The van der Waals surface area contributed by atoms with E-state index in [1.807, 2.05) is 30.3 Å². The number of carbonyl (C=O) groups is 1. The normalized spacial score (nSPS) is 39.9. The topological polar surface area (TPSA) is 59.1 Å². The van der Waals surface area contributed by atoms with Crippen molar-refractivity contribution in [3.8, 4) is 0 Å². The molecule has 3 aliphatic heterocycles. The van der Waals surface area contributed by atoms with E-state index in [0.29, 0.717) is 24.3 Å². The number of ether oxygens (including phenoxy) is 2. The van der Waals surface area contributed by atoms with Gasteiger partial charge >= 0.3 is 5.97 Å². The van der Waals surface area contributed by atoms with Crippen molar-refractivity contribution >= 4 is 23.0 Å². The van der Waals surface area contributed by atoms with Crippen molar-refractivity contribution in [1.29, 1.82) is 0 Å². The van der Waals surface area contributed by atoms with Crippen molar-refractivity contribution in [2.45, 2.75) is 62.0 Å². The highest BCUT2D eigenvalue weighted by Crippen LogP contribution is 2.54. The molecule has 5 rings (SSSR count). The van der Waals surface area contributed by atoms with Gasteiger partial charge < -0.3 is 19.1 Å². The van der Waals surface area contributed by atoms with E-state index in [-0.39, 0.29) is 35.7 Å². The van der Waals surface area contributed by atoms with Crippen LogP contribution in [-0.4, -0.2) is 66.2 Å². The molecule has 3 heterocycles.